The van der Waals surface area contributed by atoms with Crippen LogP contribution in [0.25, 0.3) is 15.7 Å². The van der Waals surface area contributed by atoms with Crippen molar-refractivity contribution in [2.45, 2.75) is 31.7 Å². The number of hydrogen-bond acceptors (Lipinski definition) is 3. The van der Waals surface area contributed by atoms with Crippen LogP contribution >= 0.6 is 22.9 Å². The minimum atomic E-state index is -2.64. The Morgan fingerprint density at radius 3 is 2.83 bits per heavy atom. The average molecular weight is 365 g/mol. The molecular weight excluding hydrogens is 354 g/mol. The third kappa shape index (κ3) is 2.56. The van der Waals surface area contributed by atoms with E-state index in [1.807, 2.05) is 0 Å². The van der Waals surface area contributed by atoms with Gasteiger partial charge in [0.1, 0.15) is 10.0 Å². The number of hydrogen-bond donors (Lipinski definition) is 0. The summed E-state index contributed by atoms with van der Waals surface area (Å²) in [6, 6.07) is 4.57. The van der Waals surface area contributed by atoms with E-state index in [4.69, 9.17) is 18.2 Å². The summed E-state index contributed by atoms with van der Waals surface area (Å²) in [4.78, 5) is 3.32. The fourth-order valence-corrected chi connectivity index (χ4v) is 3.97. The molecular formula is C16H11ClF2N4S. The molecule has 0 atom stereocenters. The van der Waals surface area contributed by atoms with Gasteiger partial charge in [0, 0.05) is 16.8 Å². The second-order valence-corrected chi connectivity index (χ2v) is 7.18. The summed E-state index contributed by atoms with van der Waals surface area (Å²) in [5.74, 6) is 0.489. The lowest BCUT2D eigenvalue weighted by molar-refractivity contribution is 0.142. The molecule has 0 aliphatic heterocycles. The molecule has 1 saturated carbocycles. The molecule has 2 heterocycles. The Hall–Kier alpha value is -2.04. The Bertz CT molecular complexity index is 969. The smallest absolute Gasteiger partial charge is 0.278 e. The van der Waals surface area contributed by atoms with Crippen molar-refractivity contribution >= 4 is 39.5 Å². The van der Waals surface area contributed by atoms with E-state index in [1.54, 1.807) is 12.1 Å². The molecule has 24 heavy (non-hydrogen) atoms. The second kappa shape index (κ2) is 5.80. The summed E-state index contributed by atoms with van der Waals surface area (Å²) >= 11 is 7.66. The highest BCUT2D eigenvalue weighted by atomic mass is 35.5. The maximum absolute atomic E-state index is 13.5. The molecule has 1 fully saturated rings. The highest BCUT2D eigenvalue weighted by Gasteiger charge is 2.28. The molecule has 0 unspecified atom stereocenters. The first-order chi connectivity index (χ1) is 11.6. The van der Waals surface area contributed by atoms with Gasteiger partial charge in [-0.3, -0.25) is 0 Å². The number of nitrogens with zero attached hydrogens (tertiary/aromatic N) is 4. The molecule has 1 aliphatic carbocycles. The summed E-state index contributed by atoms with van der Waals surface area (Å²) in [7, 11) is 0. The zero-order valence-corrected chi connectivity index (χ0v) is 13.9. The van der Waals surface area contributed by atoms with Crippen molar-refractivity contribution in [2.75, 3.05) is 0 Å². The first-order valence-electron chi connectivity index (χ1n) is 7.38. The minimum Gasteiger partial charge on any atom is -0.333 e. The molecule has 0 amide bonds. The highest BCUT2D eigenvalue weighted by Crippen LogP contribution is 2.42. The van der Waals surface area contributed by atoms with Gasteiger partial charge < -0.3 is 4.57 Å². The average Bonchev–Trinajstić information content (AvgIpc) is 3.19. The molecule has 4 nitrogen and oxygen atoms in total. The van der Waals surface area contributed by atoms with Crippen molar-refractivity contribution in [3.8, 4) is 0 Å². The predicted octanol–water partition coefficient (Wildman–Crippen LogP) is 5.56. The minimum absolute atomic E-state index is 0.128. The van der Waals surface area contributed by atoms with Crippen LogP contribution in [0.5, 0.6) is 0 Å². The normalized spacial score (nSPS) is 14.5. The van der Waals surface area contributed by atoms with E-state index in [2.05, 4.69) is 15.0 Å². The highest BCUT2D eigenvalue weighted by molar-refractivity contribution is 7.11. The van der Waals surface area contributed by atoms with Crippen LogP contribution < -0.4 is 0 Å². The number of aromatic nitrogens is 3. The molecule has 1 aromatic carbocycles. The van der Waals surface area contributed by atoms with Gasteiger partial charge in [-0.1, -0.05) is 29.0 Å². The van der Waals surface area contributed by atoms with Gasteiger partial charge in [0.05, 0.1) is 23.8 Å². The topological polar surface area (TPSA) is 35.1 Å². The molecule has 0 radical (unpaired) electrons. The zero-order valence-electron chi connectivity index (χ0n) is 12.3. The van der Waals surface area contributed by atoms with E-state index < -0.39 is 6.43 Å². The summed E-state index contributed by atoms with van der Waals surface area (Å²) in [6.07, 6.45) is -0.391. The molecule has 8 heteroatoms. The van der Waals surface area contributed by atoms with Crippen LogP contribution in [0.1, 0.15) is 40.9 Å². The van der Waals surface area contributed by atoms with Crippen LogP contribution in [-0.2, 0) is 6.54 Å². The number of benzene rings is 1. The summed E-state index contributed by atoms with van der Waals surface area (Å²) < 4.78 is 28.4. The fraction of sp³-hybridized carbons (Fsp3) is 0.312. The predicted molar refractivity (Wildman–Crippen MR) is 89.2 cm³/mol. The molecule has 0 N–H and O–H groups in total. The van der Waals surface area contributed by atoms with Crippen LogP contribution in [0.3, 0.4) is 0 Å². The van der Waals surface area contributed by atoms with Crippen molar-refractivity contribution < 1.29 is 8.78 Å². The molecule has 0 saturated heterocycles. The van der Waals surface area contributed by atoms with Crippen LogP contribution in [0.15, 0.2) is 18.2 Å². The van der Waals surface area contributed by atoms with E-state index in [9.17, 15) is 8.78 Å². The molecule has 1 aliphatic rings. The lowest BCUT2D eigenvalue weighted by Gasteiger charge is -2.08. The third-order valence-electron chi connectivity index (χ3n) is 4.08. The van der Waals surface area contributed by atoms with Gasteiger partial charge in [-0.05, 0) is 25.0 Å². The van der Waals surface area contributed by atoms with E-state index in [-0.39, 0.29) is 22.9 Å². The van der Waals surface area contributed by atoms with Crippen LogP contribution in [-0.4, -0.2) is 14.8 Å². The monoisotopic (exact) mass is 364 g/mol. The SMILES string of the molecule is [C-]#[N+]c1ccc2c(cc(C(F)F)n2Cc2nnc(C3CC3)s2)c1Cl. The molecule has 3 aromatic rings. The zero-order chi connectivity index (χ0) is 16.8. The van der Waals surface area contributed by atoms with Crippen molar-refractivity contribution in [1.82, 2.24) is 14.8 Å². The number of alkyl halides is 2. The Labute approximate surface area is 145 Å². The van der Waals surface area contributed by atoms with Crippen LogP contribution in [0.2, 0.25) is 5.02 Å². The van der Waals surface area contributed by atoms with Gasteiger partial charge >= 0.3 is 0 Å². The van der Waals surface area contributed by atoms with Gasteiger partial charge in [0.25, 0.3) is 6.43 Å². The summed E-state index contributed by atoms with van der Waals surface area (Å²) in [6.45, 7) is 7.33. The van der Waals surface area contributed by atoms with E-state index >= 15 is 0 Å². The van der Waals surface area contributed by atoms with Crippen molar-refractivity contribution in [3.05, 3.63) is 50.3 Å². The summed E-state index contributed by atoms with van der Waals surface area (Å²) in [5, 5.41) is 10.6. The Balaban J connectivity index is 1.81. The molecule has 122 valence electrons. The largest absolute Gasteiger partial charge is 0.333 e. The summed E-state index contributed by atoms with van der Waals surface area (Å²) in [5.41, 5.74) is 0.706. The number of halogens is 3. The maximum Gasteiger partial charge on any atom is 0.278 e. The Morgan fingerprint density at radius 1 is 1.38 bits per heavy atom. The number of rotatable bonds is 4. The fourth-order valence-electron chi connectivity index (χ4n) is 2.71. The van der Waals surface area contributed by atoms with Crippen molar-refractivity contribution in [3.63, 3.8) is 0 Å². The van der Waals surface area contributed by atoms with Crippen molar-refractivity contribution in [1.29, 1.82) is 0 Å². The standard InChI is InChI=1S/C16H11ClF2N4S/c1-20-10-4-5-11-9(14(10)17)6-12(15(18)19)23(11)7-13-21-22-16(24-13)8-2-3-8/h4-6,8,15H,2-3,7H2. The Morgan fingerprint density at radius 2 is 2.17 bits per heavy atom. The van der Waals surface area contributed by atoms with Crippen LogP contribution in [0, 0.1) is 6.57 Å². The Kier molecular flexibility index (Phi) is 3.74. The van der Waals surface area contributed by atoms with Crippen molar-refractivity contribution in [2.24, 2.45) is 0 Å². The van der Waals surface area contributed by atoms with Crippen LogP contribution in [0.4, 0.5) is 14.5 Å². The lowest BCUT2D eigenvalue weighted by Crippen LogP contribution is -2.04. The quantitative estimate of drug-likeness (QED) is 0.568. The molecule has 2 aromatic heterocycles. The second-order valence-electron chi connectivity index (χ2n) is 5.71. The van der Waals surface area contributed by atoms with Gasteiger partial charge in [-0.2, -0.15) is 0 Å². The van der Waals surface area contributed by atoms with Gasteiger partial charge in [0.2, 0.25) is 5.69 Å². The van der Waals surface area contributed by atoms with E-state index in [0.29, 0.717) is 21.8 Å². The lowest BCUT2D eigenvalue weighted by atomic mass is 10.2. The molecule has 0 spiro atoms. The van der Waals surface area contributed by atoms with E-state index in [0.717, 1.165) is 17.8 Å². The third-order valence-corrected chi connectivity index (χ3v) is 5.55. The maximum atomic E-state index is 13.5. The van der Waals surface area contributed by atoms with Gasteiger partial charge in [-0.15, -0.1) is 10.2 Å². The van der Waals surface area contributed by atoms with E-state index in [1.165, 1.54) is 22.0 Å². The van der Waals surface area contributed by atoms with Gasteiger partial charge in [0.15, 0.2) is 0 Å². The molecule has 4 rings (SSSR count). The molecule has 0 bridgehead atoms. The first kappa shape index (κ1) is 15.5. The number of fused-ring (bicyclic) bond motifs is 1. The first-order valence-corrected chi connectivity index (χ1v) is 8.57. The van der Waals surface area contributed by atoms with Gasteiger partial charge in [-0.25, -0.2) is 13.6 Å².